The molecule has 0 aliphatic heterocycles. The Morgan fingerprint density at radius 3 is 2.58 bits per heavy atom. The Balaban J connectivity index is 2.15. The maximum atomic E-state index is 12.8. The van der Waals surface area contributed by atoms with Gasteiger partial charge in [0.25, 0.3) is 5.56 Å². The van der Waals surface area contributed by atoms with Crippen LogP contribution in [-0.2, 0) is 22.7 Å². The molecule has 0 fully saturated rings. The maximum Gasteiger partial charge on any atom is 0.302 e. The Morgan fingerprint density at radius 2 is 1.88 bits per heavy atom. The third kappa shape index (κ3) is 3.30. The van der Waals surface area contributed by atoms with Crippen LogP contribution in [0.15, 0.2) is 59.4 Å². The van der Waals surface area contributed by atoms with Gasteiger partial charge in [0.1, 0.15) is 12.4 Å². The van der Waals surface area contributed by atoms with Crippen molar-refractivity contribution in [1.29, 1.82) is 0 Å². The minimum atomic E-state index is -0.435. The summed E-state index contributed by atoms with van der Waals surface area (Å²) in [5.41, 5.74) is 1.77. The smallest absolute Gasteiger partial charge is 0.302 e. The summed E-state index contributed by atoms with van der Waals surface area (Å²) < 4.78 is 6.57. The van der Waals surface area contributed by atoms with E-state index in [0.29, 0.717) is 17.6 Å². The number of benzene rings is 2. The maximum absolute atomic E-state index is 12.8. The van der Waals surface area contributed by atoms with Gasteiger partial charge in [-0.2, -0.15) is 0 Å². The van der Waals surface area contributed by atoms with Gasteiger partial charge < -0.3 is 14.4 Å². The molecule has 24 heavy (non-hydrogen) atoms. The molecule has 0 unspecified atom stereocenters. The van der Waals surface area contributed by atoms with E-state index in [1.807, 2.05) is 30.3 Å². The molecular formula is C19H17NO4. The molecule has 1 heterocycles. The van der Waals surface area contributed by atoms with E-state index in [4.69, 9.17) is 4.74 Å². The zero-order valence-corrected chi connectivity index (χ0v) is 13.2. The minimum absolute atomic E-state index is 0.0697. The minimum Gasteiger partial charge on any atom is -0.508 e. The lowest BCUT2D eigenvalue weighted by molar-refractivity contribution is -0.142. The van der Waals surface area contributed by atoms with Crippen LogP contribution in [0, 0.1) is 0 Å². The summed E-state index contributed by atoms with van der Waals surface area (Å²) in [5, 5.41) is 10.6. The molecule has 122 valence electrons. The molecular weight excluding hydrogens is 306 g/mol. The molecule has 1 N–H and O–H groups in total. The topological polar surface area (TPSA) is 68.5 Å². The lowest BCUT2D eigenvalue weighted by atomic mass is 10.1. The monoisotopic (exact) mass is 323 g/mol. The first-order valence-corrected chi connectivity index (χ1v) is 7.57. The lowest BCUT2D eigenvalue weighted by Crippen LogP contribution is -2.25. The second-order valence-corrected chi connectivity index (χ2v) is 5.57. The highest BCUT2D eigenvalue weighted by Crippen LogP contribution is 2.21. The third-order valence-electron chi connectivity index (χ3n) is 3.77. The molecule has 2 aromatic carbocycles. The second kappa shape index (κ2) is 6.58. The normalized spacial score (nSPS) is 10.7. The number of aromatic hydroxyl groups is 1. The Labute approximate surface area is 138 Å². The molecule has 5 nitrogen and oxygen atoms in total. The highest BCUT2D eigenvalue weighted by Gasteiger charge is 2.11. The van der Waals surface area contributed by atoms with Crippen LogP contribution in [0.1, 0.15) is 18.1 Å². The highest BCUT2D eigenvalue weighted by atomic mass is 16.5. The van der Waals surface area contributed by atoms with Crippen molar-refractivity contribution in [2.24, 2.45) is 0 Å². The predicted octanol–water partition coefficient (Wildman–Crippen LogP) is 2.82. The lowest BCUT2D eigenvalue weighted by Gasteiger charge is -2.13. The summed E-state index contributed by atoms with van der Waals surface area (Å²) in [4.78, 5) is 23.8. The summed E-state index contributed by atoms with van der Waals surface area (Å²) in [5.74, 6) is -0.341. The number of hydrogen-bond acceptors (Lipinski definition) is 4. The number of phenolic OH excluding ortho intramolecular Hbond substituents is 1. The van der Waals surface area contributed by atoms with Gasteiger partial charge in [0.2, 0.25) is 0 Å². The summed E-state index contributed by atoms with van der Waals surface area (Å²) in [6.45, 7) is 1.61. The van der Waals surface area contributed by atoms with Crippen molar-refractivity contribution in [3.05, 3.63) is 76.1 Å². The quantitative estimate of drug-likeness (QED) is 0.750. The Bertz CT molecular complexity index is 945. The zero-order valence-electron chi connectivity index (χ0n) is 13.2. The number of esters is 1. The molecule has 1 aromatic heterocycles. The van der Waals surface area contributed by atoms with Gasteiger partial charge in [-0.1, -0.05) is 30.3 Å². The van der Waals surface area contributed by atoms with Crippen molar-refractivity contribution in [1.82, 2.24) is 4.57 Å². The Morgan fingerprint density at radius 1 is 1.12 bits per heavy atom. The Hall–Kier alpha value is -3.08. The number of hydrogen-bond donors (Lipinski definition) is 1. The number of phenols is 1. The molecule has 0 saturated heterocycles. The molecule has 5 heteroatoms. The van der Waals surface area contributed by atoms with E-state index in [1.165, 1.54) is 6.92 Å². The standard InChI is InChI=1S/C19H17NO4/c1-13(21)24-12-16-9-15-7-8-17(22)10-18(15)20(19(16)23)11-14-5-3-2-4-6-14/h2-10,22H,11-12H2,1H3. The summed E-state index contributed by atoms with van der Waals surface area (Å²) >= 11 is 0. The van der Waals surface area contributed by atoms with Crippen LogP contribution in [0.3, 0.4) is 0 Å². The number of carbonyl (C=O) groups is 1. The molecule has 0 radical (unpaired) electrons. The van der Waals surface area contributed by atoms with Crippen molar-refractivity contribution in [3.63, 3.8) is 0 Å². The zero-order chi connectivity index (χ0) is 17.1. The first kappa shape index (κ1) is 15.8. The molecule has 0 aliphatic carbocycles. The summed E-state index contributed by atoms with van der Waals surface area (Å²) in [6, 6.07) is 16.1. The van der Waals surface area contributed by atoms with Gasteiger partial charge in [-0.25, -0.2) is 0 Å². The average Bonchev–Trinajstić information content (AvgIpc) is 2.57. The van der Waals surface area contributed by atoms with Crippen molar-refractivity contribution in [2.45, 2.75) is 20.1 Å². The van der Waals surface area contributed by atoms with Crippen molar-refractivity contribution >= 4 is 16.9 Å². The number of carbonyl (C=O) groups excluding carboxylic acids is 1. The predicted molar refractivity (Wildman–Crippen MR) is 90.9 cm³/mol. The van der Waals surface area contributed by atoms with Crippen LogP contribution in [0.5, 0.6) is 5.75 Å². The van der Waals surface area contributed by atoms with Gasteiger partial charge in [-0.3, -0.25) is 9.59 Å². The van der Waals surface area contributed by atoms with Crippen LogP contribution < -0.4 is 5.56 Å². The van der Waals surface area contributed by atoms with Gasteiger partial charge in [-0.15, -0.1) is 0 Å². The van der Waals surface area contributed by atoms with Crippen LogP contribution in [0.2, 0.25) is 0 Å². The number of aromatic nitrogens is 1. The van der Waals surface area contributed by atoms with Gasteiger partial charge in [-0.05, 0) is 29.1 Å². The average molecular weight is 323 g/mol. The number of nitrogens with zero attached hydrogens (tertiary/aromatic N) is 1. The number of ether oxygens (including phenoxy) is 1. The van der Waals surface area contributed by atoms with Crippen molar-refractivity contribution in [3.8, 4) is 5.75 Å². The number of fused-ring (bicyclic) bond motifs is 1. The van der Waals surface area contributed by atoms with Crippen LogP contribution in [0.25, 0.3) is 10.9 Å². The fraction of sp³-hybridized carbons (Fsp3) is 0.158. The third-order valence-corrected chi connectivity index (χ3v) is 3.77. The van der Waals surface area contributed by atoms with Gasteiger partial charge in [0.05, 0.1) is 17.6 Å². The number of rotatable bonds is 4. The molecule has 0 aliphatic rings. The molecule has 0 spiro atoms. The second-order valence-electron chi connectivity index (χ2n) is 5.57. The molecule has 0 bridgehead atoms. The summed E-state index contributed by atoms with van der Waals surface area (Å²) in [7, 11) is 0. The van der Waals surface area contributed by atoms with Crippen LogP contribution in [0.4, 0.5) is 0 Å². The molecule has 3 rings (SSSR count). The fourth-order valence-corrected chi connectivity index (χ4v) is 2.63. The van der Waals surface area contributed by atoms with Crippen molar-refractivity contribution < 1.29 is 14.6 Å². The van der Waals surface area contributed by atoms with E-state index in [9.17, 15) is 14.7 Å². The van der Waals surface area contributed by atoms with Crippen LogP contribution in [-0.4, -0.2) is 15.6 Å². The largest absolute Gasteiger partial charge is 0.508 e. The van der Waals surface area contributed by atoms with Gasteiger partial charge in [0, 0.05) is 13.0 Å². The van der Waals surface area contributed by atoms with E-state index in [-0.39, 0.29) is 17.9 Å². The van der Waals surface area contributed by atoms with Gasteiger partial charge in [0.15, 0.2) is 0 Å². The van der Waals surface area contributed by atoms with Crippen LogP contribution >= 0.6 is 0 Å². The molecule has 3 aromatic rings. The first-order valence-electron chi connectivity index (χ1n) is 7.57. The molecule has 0 saturated carbocycles. The van der Waals surface area contributed by atoms with Gasteiger partial charge >= 0.3 is 5.97 Å². The van der Waals surface area contributed by atoms with E-state index in [2.05, 4.69) is 0 Å². The number of pyridine rings is 1. The first-order chi connectivity index (χ1) is 11.5. The highest BCUT2D eigenvalue weighted by molar-refractivity contribution is 5.81. The Kier molecular flexibility index (Phi) is 4.33. The molecule has 0 amide bonds. The van der Waals surface area contributed by atoms with E-state index < -0.39 is 5.97 Å². The van der Waals surface area contributed by atoms with Crippen molar-refractivity contribution in [2.75, 3.05) is 0 Å². The summed E-state index contributed by atoms with van der Waals surface area (Å²) in [6.07, 6.45) is 0. The molecule has 0 atom stereocenters. The van der Waals surface area contributed by atoms with E-state index >= 15 is 0 Å². The SMILES string of the molecule is CC(=O)OCc1cc2ccc(O)cc2n(Cc2ccccc2)c1=O. The van der Waals surface area contributed by atoms with E-state index in [1.54, 1.807) is 28.8 Å². The van der Waals surface area contributed by atoms with E-state index in [0.717, 1.165) is 10.9 Å². The fourth-order valence-electron chi connectivity index (χ4n) is 2.63.